The first-order valence-electron chi connectivity index (χ1n) is 7.27. The zero-order valence-corrected chi connectivity index (χ0v) is 14.5. The van der Waals surface area contributed by atoms with Gasteiger partial charge in [0.1, 0.15) is 5.75 Å². The Balaban J connectivity index is 1.64. The molecule has 0 radical (unpaired) electrons. The largest absolute Gasteiger partial charge is 0.483 e. The highest BCUT2D eigenvalue weighted by Gasteiger charge is 2.09. The Labute approximate surface area is 147 Å². The topological polar surface area (TPSA) is 60.5 Å². The van der Waals surface area contributed by atoms with Gasteiger partial charge in [-0.3, -0.25) is 4.79 Å². The van der Waals surface area contributed by atoms with Crippen molar-refractivity contribution in [2.75, 3.05) is 19.0 Å². The molecule has 2 aromatic carbocycles. The number of nitrogens with one attached hydrogen (secondary N) is 1. The summed E-state index contributed by atoms with van der Waals surface area (Å²) in [6.45, 7) is -0.0943. The number of anilines is 1. The Morgan fingerprint density at radius 3 is 2.75 bits per heavy atom. The van der Waals surface area contributed by atoms with Gasteiger partial charge in [-0.15, -0.1) is 0 Å². The number of rotatable bonds is 5. The average Bonchev–Trinajstić information content (AvgIpc) is 2.62. The van der Waals surface area contributed by atoms with E-state index in [9.17, 15) is 4.79 Å². The van der Waals surface area contributed by atoms with Crippen LogP contribution >= 0.6 is 15.9 Å². The second-order valence-corrected chi connectivity index (χ2v) is 5.82. The molecular formula is C18H15BrN2O3. The fraction of sp³-hybridized carbons (Fsp3) is 0.111. The number of nitrogens with zero attached hydrogens (tertiary/aromatic N) is 1. The van der Waals surface area contributed by atoms with Crippen molar-refractivity contribution < 1.29 is 14.3 Å². The van der Waals surface area contributed by atoms with Gasteiger partial charge in [-0.25, -0.2) is 4.98 Å². The van der Waals surface area contributed by atoms with Gasteiger partial charge in [0, 0.05) is 6.07 Å². The highest BCUT2D eigenvalue weighted by atomic mass is 79.9. The lowest BCUT2D eigenvalue weighted by atomic mass is 10.1. The molecule has 24 heavy (non-hydrogen) atoms. The predicted molar refractivity (Wildman–Crippen MR) is 96.6 cm³/mol. The number of carbonyl (C=O) groups excluding carboxylic acids is 1. The molecule has 0 saturated heterocycles. The summed E-state index contributed by atoms with van der Waals surface area (Å²) in [6.07, 6.45) is 1.53. The molecule has 0 aliphatic carbocycles. The van der Waals surface area contributed by atoms with E-state index < -0.39 is 0 Å². The van der Waals surface area contributed by atoms with Crippen molar-refractivity contribution >= 4 is 38.3 Å². The minimum absolute atomic E-state index is 0.0943. The summed E-state index contributed by atoms with van der Waals surface area (Å²) < 4.78 is 11.4. The number of fused-ring (bicyclic) bond motifs is 1. The van der Waals surface area contributed by atoms with E-state index in [0.29, 0.717) is 17.3 Å². The summed E-state index contributed by atoms with van der Waals surface area (Å²) in [5, 5.41) is 4.86. The third-order valence-electron chi connectivity index (χ3n) is 3.42. The maximum atomic E-state index is 12.0. The minimum atomic E-state index is -0.262. The van der Waals surface area contributed by atoms with Gasteiger partial charge in [0.25, 0.3) is 5.91 Å². The molecule has 1 N–H and O–H groups in total. The predicted octanol–water partition coefficient (Wildman–Crippen LogP) is 4.02. The maximum Gasteiger partial charge on any atom is 0.262 e. The van der Waals surface area contributed by atoms with E-state index >= 15 is 0 Å². The molecular weight excluding hydrogens is 372 g/mol. The molecule has 3 aromatic rings. The van der Waals surface area contributed by atoms with Crippen LogP contribution in [-0.4, -0.2) is 24.6 Å². The Kier molecular flexibility index (Phi) is 4.96. The van der Waals surface area contributed by atoms with Crippen molar-refractivity contribution in [2.45, 2.75) is 0 Å². The van der Waals surface area contributed by atoms with Crippen LogP contribution in [0.5, 0.6) is 11.6 Å². The minimum Gasteiger partial charge on any atom is -0.483 e. The molecule has 0 saturated carbocycles. The molecule has 5 nitrogen and oxygen atoms in total. The van der Waals surface area contributed by atoms with Gasteiger partial charge in [-0.2, -0.15) is 0 Å². The van der Waals surface area contributed by atoms with Gasteiger partial charge < -0.3 is 14.8 Å². The first kappa shape index (κ1) is 16.3. The first-order chi connectivity index (χ1) is 11.7. The second-order valence-electron chi connectivity index (χ2n) is 5.02. The molecule has 122 valence electrons. The molecule has 3 rings (SSSR count). The number of hydrogen-bond donors (Lipinski definition) is 1. The van der Waals surface area contributed by atoms with Crippen LogP contribution in [0.2, 0.25) is 0 Å². The molecule has 0 unspecified atom stereocenters. The first-order valence-corrected chi connectivity index (χ1v) is 8.06. The number of ether oxygens (including phenoxy) is 2. The SMILES string of the molecule is COc1ccc(NC(=O)COc2ccc3ccccc3c2Br)cn1. The summed E-state index contributed by atoms with van der Waals surface area (Å²) in [7, 11) is 1.54. The number of benzene rings is 2. The van der Waals surface area contributed by atoms with E-state index in [4.69, 9.17) is 9.47 Å². The number of amides is 1. The van der Waals surface area contributed by atoms with Crippen molar-refractivity contribution in [3.8, 4) is 11.6 Å². The third kappa shape index (κ3) is 3.65. The standard InChI is InChI=1S/C18H15BrN2O3/c1-23-17-9-7-13(10-20-17)21-16(22)11-24-15-8-6-12-4-2-3-5-14(12)18(15)19/h2-10H,11H2,1H3,(H,21,22). The maximum absolute atomic E-state index is 12.0. The van der Waals surface area contributed by atoms with Gasteiger partial charge in [-0.05, 0) is 38.8 Å². The van der Waals surface area contributed by atoms with Gasteiger partial charge in [0.05, 0.1) is 23.5 Å². The van der Waals surface area contributed by atoms with Gasteiger partial charge in [0.15, 0.2) is 6.61 Å². The Morgan fingerprint density at radius 1 is 1.17 bits per heavy atom. The van der Waals surface area contributed by atoms with Crippen LogP contribution in [-0.2, 0) is 4.79 Å². The van der Waals surface area contributed by atoms with E-state index in [0.717, 1.165) is 15.2 Å². The van der Waals surface area contributed by atoms with Gasteiger partial charge in [-0.1, -0.05) is 30.3 Å². The van der Waals surface area contributed by atoms with E-state index in [1.54, 1.807) is 12.1 Å². The second kappa shape index (κ2) is 7.31. The fourth-order valence-corrected chi connectivity index (χ4v) is 2.85. The monoisotopic (exact) mass is 386 g/mol. The summed E-state index contributed by atoms with van der Waals surface area (Å²) in [5.41, 5.74) is 0.585. The molecule has 0 atom stereocenters. The highest BCUT2D eigenvalue weighted by Crippen LogP contribution is 2.32. The molecule has 1 amide bonds. The third-order valence-corrected chi connectivity index (χ3v) is 4.23. The van der Waals surface area contributed by atoms with Gasteiger partial charge in [0.2, 0.25) is 5.88 Å². The number of aromatic nitrogens is 1. The summed E-state index contributed by atoms with van der Waals surface area (Å²) >= 11 is 3.53. The van der Waals surface area contributed by atoms with Crippen LogP contribution in [0.1, 0.15) is 0 Å². The zero-order valence-electron chi connectivity index (χ0n) is 13.0. The van der Waals surface area contributed by atoms with E-state index in [1.807, 2.05) is 36.4 Å². The lowest BCUT2D eigenvalue weighted by molar-refractivity contribution is -0.118. The lowest BCUT2D eigenvalue weighted by Gasteiger charge is -2.10. The smallest absolute Gasteiger partial charge is 0.262 e. The molecule has 0 spiro atoms. The fourth-order valence-electron chi connectivity index (χ4n) is 2.24. The molecule has 1 aromatic heterocycles. The number of hydrogen-bond acceptors (Lipinski definition) is 4. The zero-order chi connectivity index (χ0) is 16.9. The van der Waals surface area contributed by atoms with Crippen LogP contribution in [0.3, 0.4) is 0 Å². The quantitative estimate of drug-likeness (QED) is 0.719. The summed E-state index contributed by atoms with van der Waals surface area (Å²) in [5.74, 6) is 0.850. The van der Waals surface area contributed by atoms with E-state index in [-0.39, 0.29) is 12.5 Å². The molecule has 0 bridgehead atoms. The normalized spacial score (nSPS) is 10.4. The van der Waals surface area contributed by atoms with Crippen molar-refractivity contribution in [1.29, 1.82) is 0 Å². The molecule has 0 aliphatic rings. The lowest BCUT2D eigenvalue weighted by Crippen LogP contribution is -2.20. The Morgan fingerprint density at radius 2 is 2.00 bits per heavy atom. The summed E-state index contributed by atoms with van der Waals surface area (Å²) in [4.78, 5) is 16.0. The van der Waals surface area contributed by atoms with E-state index in [2.05, 4.69) is 26.2 Å². The number of methoxy groups -OCH3 is 1. The molecule has 1 heterocycles. The summed E-state index contributed by atoms with van der Waals surface area (Å²) in [6, 6.07) is 15.1. The van der Waals surface area contributed by atoms with Crippen LogP contribution in [0.25, 0.3) is 10.8 Å². The van der Waals surface area contributed by atoms with E-state index in [1.165, 1.54) is 13.3 Å². The molecule has 0 aliphatic heterocycles. The Bertz CT molecular complexity index is 866. The number of halogens is 1. The van der Waals surface area contributed by atoms with Crippen LogP contribution < -0.4 is 14.8 Å². The molecule has 6 heteroatoms. The Hall–Kier alpha value is -2.60. The highest BCUT2D eigenvalue weighted by molar-refractivity contribution is 9.10. The van der Waals surface area contributed by atoms with Gasteiger partial charge >= 0.3 is 0 Å². The van der Waals surface area contributed by atoms with Crippen LogP contribution in [0.15, 0.2) is 59.2 Å². The van der Waals surface area contributed by atoms with Crippen molar-refractivity contribution in [3.05, 3.63) is 59.2 Å². The molecule has 0 fully saturated rings. The van der Waals surface area contributed by atoms with Crippen molar-refractivity contribution in [3.63, 3.8) is 0 Å². The number of carbonyl (C=O) groups is 1. The van der Waals surface area contributed by atoms with Crippen molar-refractivity contribution in [2.24, 2.45) is 0 Å². The number of pyridine rings is 1. The van der Waals surface area contributed by atoms with Crippen LogP contribution in [0, 0.1) is 0 Å². The average molecular weight is 387 g/mol. The van der Waals surface area contributed by atoms with Crippen LogP contribution in [0.4, 0.5) is 5.69 Å². The van der Waals surface area contributed by atoms with Crippen molar-refractivity contribution in [1.82, 2.24) is 4.98 Å².